The van der Waals surface area contributed by atoms with Crippen molar-refractivity contribution in [2.24, 2.45) is 0 Å². The second-order valence-electron chi connectivity index (χ2n) is 3.09. The van der Waals surface area contributed by atoms with Crippen molar-refractivity contribution in [2.45, 2.75) is 6.10 Å². The topological polar surface area (TPSA) is 87.0 Å². The van der Waals surface area contributed by atoms with E-state index in [1.807, 2.05) is 0 Å². The highest BCUT2D eigenvalue weighted by atomic mass is 79.9. The number of aliphatic hydroxyl groups is 2. The van der Waals surface area contributed by atoms with Gasteiger partial charge in [0, 0.05) is 4.47 Å². The van der Waals surface area contributed by atoms with Gasteiger partial charge in [-0.05, 0) is 18.2 Å². The molecule has 0 spiro atoms. The first-order valence-corrected chi connectivity index (χ1v) is 5.28. The van der Waals surface area contributed by atoms with Crippen molar-refractivity contribution in [1.29, 1.82) is 0 Å². The summed E-state index contributed by atoms with van der Waals surface area (Å²) >= 11 is 3.18. The summed E-state index contributed by atoms with van der Waals surface area (Å²) in [6.07, 6.45) is -1.03. The van der Waals surface area contributed by atoms with Crippen LogP contribution in [0.2, 0.25) is 0 Å². The molecule has 0 aliphatic rings. The molecular weight excluding hydrogens is 280 g/mol. The minimum Gasteiger partial charge on any atom is -0.490 e. The van der Waals surface area contributed by atoms with Crippen molar-refractivity contribution in [3.05, 3.63) is 28.2 Å². The van der Waals surface area contributed by atoms with Gasteiger partial charge in [0.1, 0.15) is 24.0 Å². The van der Waals surface area contributed by atoms with Gasteiger partial charge in [-0.2, -0.15) is 0 Å². The van der Waals surface area contributed by atoms with E-state index >= 15 is 0 Å². The van der Waals surface area contributed by atoms with Crippen LogP contribution >= 0.6 is 15.9 Å². The van der Waals surface area contributed by atoms with Crippen molar-refractivity contribution in [3.63, 3.8) is 0 Å². The van der Waals surface area contributed by atoms with Crippen LogP contribution in [0.3, 0.4) is 0 Å². The molecule has 0 fully saturated rings. The van der Waals surface area contributed by atoms with Gasteiger partial charge in [-0.25, -0.2) is 4.79 Å². The molecule has 88 valence electrons. The molecule has 0 saturated heterocycles. The molecule has 1 aromatic carbocycles. The van der Waals surface area contributed by atoms with E-state index < -0.39 is 18.7 Å². The fourth-order valence-electron chi connectivity index (χ4n) is 1.03. The molecule has 16 heavy (non-hydrogen) atoms. The SMILES string of the molecule is O=C(O)c1ccc(Br)cc1OCC(O)CO. The van der Waals surface area contributed by atoms with Crippen LogP contribution < -0.4 is 4.74 Å². The number of benzene rings is 1. The number of carboxylic acid groups (broad SMARTS) is 1. The van der Waals surface area contributed by atoms with E-state index in [0.29, 0.717) is 4.47 Å². The lowest BCUT2D eigenvalue weighted by molar-refractivity contribution is 0.0519. The molecule has 0 aromatic heterocycles. The van der Waals surface area contributed by atoms with Crippen LogP contribution in [0.25, 0.3) is 0 Å². The largest absolute Gasteiger partial charge is 0.490 e. The van der Waals surface area contributed by atoms with E-state index in [4.69, 9.17) is 20.1 Å². The van der Waals surface area contributed by atoms with Gasteiger partial charge in [-0.1, -0.05) is 15.9 Å². The first-order chi connectivity index (χ1) is 7.54. The van der Waals surface area contributed by atoms with Crippen molar-refractivity contribution in [3.8, 4) is 5.75 Å². The number of aromatic carboxylic acids is 1. The number of aliphatic hydroxyl groups excluding tert-OH is 2. The average molecular weight is 291 g/mol. The number of hydrogen-bond donors (Lipinski definition) is 3. The molecule has 0 aliphatic heterocycles. The van der Waals surface area contributed by atoms with E-state index in [9.17, 15) is 4.79 Å². The van der Waals surface area contributed by atoms with Crippen molar-refractivity contribution in [1.82, 2.24) is 0 Å². The first-order valence-electron chi connectivity index (χ1n) is 4.49. The molecule has 0 aliphatic carbocycles. The molecule has 1 unspecified atom stereocenters. The van der Waals surface area contributed by atoms with E-state index in [0.717, 1.165) is 0 Å². The molecule has 0 heterocycles. The molecule has 0 amide bonds. The number of carbonyl (C=O) groups is 1. The van der Waals surface area contributed by atoms with Crippen LogP contribution in [0.15, 0.2) is 22.7 Å². The Morgan fingerprint density at radius 1 is 1.50 bits per heavy atom. The third-order valence-corrected chi connectivity index (χ3v) is 2.31. The zero-order valence-electron chi connectivity index (χ0n) is 8.26. The van der Waals surface area contributed by atoms with Gasteiger partial charge in [-0.15, -0.1) is 0 Å². The van der Waals surface area contributed by atoms with Gasteiger partial charge in [0.05, 0.1) is 6.61 Å². The van der Waals surface area contributed by atoms with Crippen LogP contribution in [0.1, 0.15) is 10.4 Å². The highest BCUT2D eigenvalue weighted by molar-refractivity contribution is 9.10. The lowest BCUT2D eigenvalue weighted by atomic mass is 10.2. The predicted octanol–water partition coefficient (Wildman–Crippen LogP) is 0.879. The highest BCUT2D eigenvalue weighted by Crippen LogP contribution is 2.23. The maximum Gasteiger partial charge on any atom is 0.339 e. The first kappa shape index (κ1) is 13.0. The van der Waals surface area contributed by atoms with Gasteiger partial charge >= 0.3 is 5.97 Å². The minimum atomic E-state index is -1.11. The summed E-state index contributed by atoms with van der Waals surface area (Å²) in [5, 5.41) is 26.5. The summed E-state index contributed by atoms with van der Waals surface area (Å²) in [6, 6.07) is 4.47. The van der Waals surface area contributed by atoms with Gasteiger partial charge in [-0.3, -0.25) is 0 Å². The van der Waals surface area contributed by atoms with Gasteiger partial charge in [0.25, 0.3) is 0 Å². The van der Waals surface area contributed by atoms with Gasteiger partial charge in [0.2, 0.25) is 0 Å². The Hall–Kier alpha value is -1.11. The number of carboxylic acids is 1. The number of halogens is 1. The average Bonchev–Trinajstić information content (AvgIpc) is 2.25. The molecular formula is C10H11BrO5. The van der Waals surface area contributed by atoms with E-state index in [-0.39, 0.29) is 17.9 Å². The Morgan fingerprint density at radius 2 is 2.19 bits per heavy atom. The second-order valence-corrected chi connectivity index (χ2v) is 4.01. The summed E-state index contributed by atoms with van der Waals surface area (Å²) in [5.41, 5.74) is 0.00772. The van der Waals surface area contributed by atoms with Gasteiger partial charge < -0.3 is 20.1 Å². The Labute approximate surface area is 100 Å². The van der Waals surface area contributed by atoms with Crippen LogP contribution in [0, 0.1) is 0 Å². The summed E-state index contributed by atoms with van der Waals surface area (Å²) in [4.78, 5) is 10.8. The normalized spacial score (nSPS) is 12.2. The molecule has 0 bridgehead atoms. The van der Waals surface area contributed by atoms with Crippen LogP contribution in [-0.4, -0.2) is 40.6 Å². The summed E-state index contributed by atoms with van der Waals surface area (Å²) in [6.45, 7) is -0.594. The maximum absolute atomic E-state index is 10.8. The molecule has 5 nitrogen and oxygen atoms in total. The minimum absolute atomic E-state index is 0.00772. The lowest BCUT2D eigenvalue weighted by Crippen LogP contribution is -2.22. The molecule has 1 atom stereocenters. The van der Waals surface area contributed by atoms with E-state index in [2.05, 4.69) is 15.9 Å². The quantitative estimate of drug-likeness (QED) is 0.749. The summed E-state index contributed by atoms with van der Waals surface area (Å²) in [5.74, 6) is -0.963. The molecule has 0 radical (unpaired) electrons. The van der Waals surface area contributed by atoms with Crippen molar-refractivity contribution < 1.29 is 24.9 Å². The standard InChI is InChI=1S/C10H11BrO5/c11-6-1-2-8(10(14)15)9(3-6)16-5-7(13)4-12/h1-3,7,12-13H,4-5H2,(H,14,15). The smallest absolute Gasteiger partial charge is 0.339 e. The predicted molar refractivity (Wildman–Crippen MR) is 59.7 cm³/mol. The Kier molecular flexibility index (Phi) is 4.72. The molecule has 1 aromatic rings. The summed E-state index contributed by atoms with van der Waals surface area (Å²) < 4.78 is 5.78. The fraction of sp³-hybridized carbons (Fsp3) is 0.300. The third kappa shape index (κ3) is 3.48. The Morgan fingerprint density at radius 3 is 2.75 bits per heavy atom. The zero-order valence-corrected chi connectivity index (χ0v) is 9.85. The van der Waals surface area contributed by atoms with Crippen LogP contribution in [-0.2, 0) is 0 Å². The monoisotopic (exact) mass is 290 g/mol. The van der Waals surface area contributed by atoms with E-state index in [1.54, 1.807) is 6.07 Å². The maximum atomic E-state index is 10.8. The molecule has 6 heteroatoms. The van der Waals surface area contributed by atoms with Crippen molar-refractivity contribution >= 4 is 21.9 Å². The van der Waals surface area contributed by atoms with Gasteiger partial charge in [0.15, 0.2) is 0 Å². The van der Waals surface area contributed by atoms with E-state index in [1.165, 1.54) is 12.1 Å². The zero-order chi connectivity index (χ0) is 12.1. The van der Waals surface area contributed by atoms with Crippen LogP contribution in [0.4, 0.5) is 0 Å². The highest BCUT2D eigenvalue weighted by Gasteiger charge is 2.13. The number of rotatable bonds is 5. The molecule has 0 saturated carbocycles. The number of ether oxygens (including phenoxy) is 1. The van der Waals surface area contributed by atoms with Crippen molar-refractivity contribution in [2.75, 3.05) is 13.2 Å². The third-order valence-electron chi connectivity index (χ3n) is 1.82. The Bertz CT molecular complexity index is 379. The lowest BCUT2D eigenvalue weighted by Gasteiger charge is -2.12. The Balaban J connectivity index is 2.84. The number of hydrogen-bond acceptors (Lipinski definition) is 4. The fourth-order valence-corrected chi connectivity index (χ4v) is 1.37. The molecule has 1 rings (SSSR count). The summed E-state index contributed by atoms with van der Waals surface area (Å²) in [7, 11) is 0. The molecule has 3 N–H and O–H groups in total. The second kappa shape index (κ2) is 5.83. The van der Waals surface area contributed by atoms with Crippen LogP contribution in [0.5, 0.6) is 5.75 Å².